The van der Waals surface area contributed by atoms with Crippen LogP contribution in [-0.4, -0.2) is 33.5 Å². The smallest absolute Gasteiger partial charge is 0.264 e. The highest BCUT2D eigenvalue weighted by atomic mass is 35.5. The minimum Gasteiger partial charge on any atom is -0.349 e. The number of carbonyl (C=O) groups is 1. The second-order valence-electron chi connectivity index (χ2n) is 6.92. The maximum absolute atomic E-state index is 12.9. The van der Waals surface area contributed by atoms with Crippen LogP contribution in [0.5, 0.6) is 0 Å². The summed E-state index contributed by atoms with van der Waals surface area (Å²) in [6.07, 6.45) is 3.48. The fourth-order valence-electron chi connectivity index (χ4n) is 3.26. The van der Waals surface area contributed by atoms with E-state index in [1.54, 1.807) is 36.4 Å². The lowest BCUT2D eigenvalue weighted by molar-refractivity contribution is 0.0925. The molecule has 3 N–H and O–H groups in total. The molecule has 0 saturated heterocycles. The van der Waals surface area contributed by atoms with Gasteiger partial charge in [0.05, 0.1) is 10.6 Å². The van der Waals surface area contributed by atoms with Crippen molar-refractivity contribution in [1.29, 1.82) is 0 Å². The Balaban J connectivity index is 0.00000280. The topological polar surface area (TPSA) is 92.5 Å². The summed E-state index contributed by atoms with van der Waals surface area (Å²) in [5, 5.41) is 2.99. The third kappa shape index (κ3) is 5.04. The Labute approximate surface area is 172 Å². The summed E-state index contributed by atoms with van der Waals surface area (Å²) in [5.74, 6) is -0.255. The molecule has 28 heavy (non-hydrogen) atoms. The molecule has 1 fully saturated rings. The molecule has 0 aliphatic heterocycles. The summed E-state index contributed by atoms with van der Waals surface area (Å²) in [6, 6.07) is 15.3. The van der Waals surface area contributed by atoms with Crippen LogP contribution in [0, 0.1) is 0 Å². The van der Waals surface area contributed by atoms with Crippen LogP contribution >= 0.6 is 12.4 Å². The molecule has 1 saturated carbocycles. The number of carbonyl (C=O) groups excluding carboxylic acids is 1. The fourth-order valence-corrected chi connectivity index (χ4v) is 4.51. The predicted molar refractivity (Wildman–Crippen MR) is 113 cm³/mol. The minimum absolute atomic E-state index is 0. The van der Waals surface area contributed by atoms with Crippen molar-refractivity contribution in [2.75, 3.05) is 11.4 Å². The zero-order valence-electron chi connectivity index (χ0n) is 15.7. The third-order valence-corrected chi connectivity index (χ3v) is 6.76. The van der Waals surface area contributed by atoms with E-state index in [2.05, 4.69) is 5.32 Å². The summed E-state index contributed by atoms with van der Waals surface area (Å²) < 4.78 is 27.0. The van der Waals surface area contributed by atoms with Crippen LogP contribution in [0.15, 0.2) is 59.5 Å². The molecule has 1 amide bonds. The van der Waals surface area contributed by atoms with Crippen molar-refractivity contribution in [2.24, 2.45) is 5.73 Å². The van der Waals surface area contributed by atoms with Gasteiger partial charge in [-0.15, -0.1) is 12.4 Å². The second-order valence-corrected chi connectivity index (χ2v) is 8.89. The van der Waals surface area contributed by atoms with Crippen LogP contribution in [-0.2, 0) is 10.0 Å². The van der Waals surface area contributed by atoms with Crippen LogP contribution in [0.3, 0.4) is 0 Å². The molecule has 0 aromatic heterocycles. The van der Waals surface area contributed by atoms with E-state index in [9.17, 15) is 13.2 Å². The van der Waals surface area contributed by atoms with Crippen LogP contribution in [0.1, 0.15) is 36.0 Å². The maximum Gasteiger partial charge on any atom is 0.264 e. The van der Waals surface area contributed by atoms with Crippen molar-refractivity contribution < 1.29 is 13.2 Å². The Morgan fingerprint density at radius 3 is 2.32 bits per heavy atom. The standard InChI is InChI=1S/C20H25N3O3S.ClH/c1-23(18-7-3-2-4-8-18)27(25,26)19-9-5-6-15(14-19)20(24)22-17-12-10-16(21)11-13-17;/h2-9,14,16-17H,10-13,21H2,1H3,(H,22,24);1H. The lowest BCUT2D eigenvalue weighted by atomic mass is 9.91. The first-order valence-corrected chi connectivity index (χ1v) is 10.5. The zero-order chi connectivity index (χ0) is 19.4. The normalized spacial score (nSPS) is 19.4. The Hall–Kier alpha value is -2.09. The SMILES string of the molecule is CN(c1ccccc1)S(=O)(=O)c1cccc(C(=O)NC2CCC(N)CC2)c1.Cl. The van der Waals surface area contributed by atoms with Crippen molar-refractivity contribution in [3.63, 3.8) is 0 Å². The number of sulfonamides is 1. The molecule has 0 heterocycles. The lowest BCUT2D eigenvalue weighted by Gasteiger charge is -2.27. The zero-order valence-corrected chi connectivity index (χ0v) is 17.4. The molecule has 152 valence electrons. The average Bonchev–Trinajstić information content (AvgIpc) is 2.70. The summed E-state index contributed by atoms with van der Waals surface area (Å²) in [6.45, 7) is 0. The molecule has 0 unspecified atom stereocenters. The molecule has 0 radical (unpaired) electrons. The number of benzene rings is 2. The van der Waals surface area contributed by atoms with E-state index in [0.717, 1.165) is 25.7 Å². The van der Waals surface area contributed by atoms with Crippen LogP contribution in [0.25, 0.3) is 0 Å². The van der Waals surface area contributed by atoms with Gasteiger partial charge in [0, 0.05) is 24.7 Å². The molecule has 6 nitrogen and oxygen atoms in total. The van der Waals surface area contributed by atoms with Crippen molar-refractivity contribution in [3.8, 4) is 0 Å². The van der Waals surface area contributed by atoms with Gasteiger partial charge in [0.15, 0.2) is 0 Å². The molecule has 0 spiro atoms. The third-order valence-electron chi connectivity index (χ3n) is 4.98. The van der Waals surface area contributed by atoms with Gasteiger partial charge >= 0.3 is 0 Å². The van der Waals surface area contributed by atoms with Crippen molar-refractivity contribution in [1.82, 2.24) is 5.32 Å². The highest BCUT2D eigenvalue weighted by Gasteiger charge is 2.24. The van der Waals surface area contributed by atoms with Gasteiger partial charge in [0.2, 0.25) is 0 Å². The van der Waals surface area contributed by atoms with Gasteiger partial charge in [-0.2, -0.15) is 0 Å². The second kappa shape index (κ2) is 9.41. The van der Waals surface area contributed by atoms with Gasteiger partial charge in [-0.3, -0.25) is 9.10 Å². The van der Waals surface area contributed by atoms with E-state index in [4.69, 9.17) is 5.73 Å². The number of para-hydroxylation sites is 1. The van der Waals surface area contributed by atoms with Gasteiger partial charge in [-0.1, -0.05) is 24.3 Å². The Morgan fingerprint density at radius 1 is 1.04 bits per heavy atom. The van der Waals surface area contributed by atoms with Crippen LogP contribution in [0.4, 0.5) is 5.69 Å². The van der Waals surface area contributed by atoms with Gasteiger partial charge < -0.3 is 11.1 Å². The first-order valence-electron chi connectivity index (χ1n) is 9.08. The molecule has 1 aliphatic rings. The molecule has 2 aromatic rings. The van der Waals surface area contributed by atoms with E-state index < -0.39 is 10.0 Å². The maximum atomic E-state index is 12.9. The fraction of sp³-hybridized carbons (Fsp3) is 0.350. The Kier molecular flexibility index (Phi) is 7.46. The molecule has 0 atom stereocenters. The minimum atomic E-state index is -3.75. The van der Waals surface area contributed by atoms with Crippen molar-refractivity contribution >= 4 is 34.0 Å². The quantitative estimate of drug-likeness (QED) is 0.773. The number of hydrogen-bond donors (Lipinski definition) is 2. The van der Waals surface area contributed by atoms with Gasteiger partial charge in [0.25, 0.3) is 15.9 Å². The van der Waals surface area contributed by atoms with Gasteiger partial charge in [-0.25, -0.2) is 8.42 Å². The first kappa shape index (κ1) is 22.2. The Morgan fingerprint density at radius 2 is 1.68 bits per heavy atom. The van der Waals surface area contributed by atoms with Crippen LogP contribution < -0.4 is 15.4 Å². The number of nitrogens with one attached hydrogen (secondary N) is 1. The summed E-state index contributed by atoms with van der Waals surface area (Å²) in [4.78, 5) is 12.7. The van der Waals surface area contributed by atoms with Crippen molar-refractivity contribution in [3.05, 3.63) is 60.2 Å². The average molecular weight is 424 g/mol. The molecule has 3 rings (SSSR count). The van der Waals surface area contributed by atoms with E-state index in [-0.39, 0.29) is 35.3 Å². The number of rotatable bonds is 5. The number of amides is 1. The number of hydrogen-bond acceptors (Lipinski definition) is 4. The lowest BCUT2D eigenvalue weighted by Crippen LogP contribution is -2.40. The highest BCUT2D eigenvalue weighted by Crippen LogP contribution is 2.23. The number of anilines is 1. The van der Waals surface area contributed by atoms with Crippen LogP contribution in [0.2, 0.25) is 0 Å². The Bertz CT molecular complexity index is 898. The van der Waals surface area contributed by atoms with E-state index in [1.165, 1.54) is 23.5 Å². The molecule has 8 heteroatoms. The monoisotopic (exact) mass is 423 g/mol. The first-order chi connectivity index (χ1) is 12.9. The number of halogens is 1. The highest BCUT2D eigenvalue weighted by molar-refractivity contribution is 7.92. The van der Waals surface area contributed by atoms with E-state index >= 15 is 0 Å². The molecule has 1 aliphatic carbocycles. The molecule has 0 bridgehead atoms. The van der Waals surface area contributed by atoms with Gasteiger partial charge in [-0.05, 0) is 56.0 Å². The largest absolute Gasteiger partial charge is 0.349 e. The summed E-state index contributed by atoms with van der Waals surface area (Å²) >= 11 is 0. The van der Waals surface area contributed by atoms with E-state index in [0.29, 0.717) is 11.3 Å². The molecular formula is C20H26ClN3O3S. The summed E-state index contributed by atoms with van der Waals surface area (Å²) in [5.41, 5.74) is 6.80. The van der Waals surface area contributed by atoms with Gasteiger partial charge in [0.1, 0.15) is 0 Å². The van der Waals surface area contributed by atoms with Crippen molar-refractivity contribution in [2.45, 2.75) is 42.7 Å². The predicted octanol–water partition coefficient (Wildman–Crippen LogP) is 2.93. The number of nitrogens with zero attached hydrogens (tertiary/aromatic N) is 1. The number of nitrogens with two attached hydrogens (primary N) is 1. The molecular weight excluding hydrogens is 398 g/mol. The van der Waals surface area contributed by atoms with E-state index in [1.807, 2.05) is 6.07 Å². The summed E-state index contributed by atoms with van der Waals surface area (Å²) in [7, 11) is -2.25. The molecule has 2 aromatic carbocycles.